The largest absolute Gasteiger partial charge is 0.378 e. The van der Waals surface area contributed by atoms with Gasteiger partial charge in [-0.2, -0.15) is 0 Å². The van der Waals surface area contributed by atoms with E-state index in [0.29, 0.717) is 12.6 Å². The maximum atomic E-state index is 11.3. The molecule has 7 heteroatoms. The van der Waals surface area contributed by atoms with Crippen molar-refractivity contribution in [3.8, 4) is 0 Å². The summed E-state index contributed by atoms with van der Waals surface area (Å²) in [7, 11) is 1.72. The van der Waals surface area contributed by atoms with Crippen LogP contribution < -0.4 is 10.2 Å². The molecule has 1 aromatic heterocycles. The second-order valence-corrected chi connectivity index (χ2v) is 10.6. The van der Waals surface area contributed by atoms with Crippen molar-refractivity contribution in [1.82, 2.24) is 20.2 Å². The van der Waals surface area contributed by atoms with Gasteiger partial charge in [0.25, 0.3) is 0 Å². The Balaban J connectivity index is 1.52. The van der Waals surface area contributed by atoms with E-state index in [1.165, 1.54) is 25.8 Å². The normalized spacial score (nSPS) is 23.1. The molecule has 2 aliphatic rings. The number of hydrogen-bond acceptors (Lipinski definition) is 6. The van der Waals surface area contributed by atoms with E-state index >= 15 is 0 Å². The molecule has 180 valence electrons. The maximum absolute atomic E-state index is 11.3. The molecule has 0 unspecified atom stereocenters. The lowest BCUT2D eigenvalue weighted by Crippen LogP contribution is -2.37. The minimum atomic E-state index is -0.0880. The van der Waals surface area contributed by atoms with Gasteiger partial charge in [0.1, 0.15) is 11.6 Å². The van der Waals surface area contributed by atoms with Crippen LogP contribution in [0.15, 0.2) is 6.07 Å². The lowest BCUT2D eigenvalue weighted by Gasteiger charge is -2.30. The molecule has 0 radical (unpaired) electrons. The summed E-state index contributed by atoms with van der Waals surface area (Å²) in [6.45, 7) is 14.1. The molecule has 0 atom stereocenters. The summed E-state index contributed by atoms with van der Waals surface area (Å²) in [4.78, 5) is 26.0. The number of amides is 1. The predicted octanol–water partition coefficient (Wildman–Crippen LogP) is 3.52. The monoisotopic (exact) mass is 445 g/mol. The summed E-state index contributed by atoms with van der Waals surface area (Å²) in [5, 5.41) is 3.09. The first-order valence-electron chi connectivity index (χ1n) is 12.4. The van der Waals surface area contributed by atoms with Crippen LogP contribution in [0.1, 0.15) is 77.7 Å². The van der Waals surface area contributed by atoms with Crippen molar-refractivity contribution in [2.45, 2.75) is 84.3 Å². The zero-order chi connectivity index (χ0) is 23.1. The molecular formula is C25H43N5O2. The smallest absolute Gasteiger partial charge is 0.217 e. The third-order valence-corrected chi connectivity index (χ3v) is 6.75. The second-order valence-electron chi connectivity index (χ2n) is 10.6. The molecule has 1 saturated carbocycles. The zero-order valence-corrected chi connectivity index (χ0v) is 20.8. The average molecular weight is 446 g/mol. The Labute approximate surface area is 194 Å². The summed E-state index contributed by atoms with van der Waals surface area (Å²) in [6, 6.07) is 2.49. The fourth-order valence-electron chi connectivity index (χ4n) is 4.87. The van der Waals surface area contributed by atoms with Crippen molar-refractivity contribution in [2.75, 3.05) is 44.7 Å². The number of carbonyl (C=O) groups excluding carboxylic acids is 1. The number of rotatable bonds is 7. The van der Waals surface area contributed by atoms with Gasteiger partial charge >= 0.3 is 0 Å². The van der Waals surface area contributed by atoms with Gasteiger partial charge in [-0.25, -0.2) is 9.97 Å². The lowest BCUT2D eigenvalue weighted by molar-refractivity contribution is -0.119. The molecule has 32 heavy (non-hydrogen) atoms. The number of nitrogens with zero attached hydrogens (tertiary/aromatic N) is 4. The fraction of sp³-hybridized carbons (Fsp3) is 0.800. The Morgan fingerprint density at radius 1 is 1.12 bits per heavy atom. The van der Waals surface area contributed by atoms with Crippen molar-refractivity contribution in [1.29, 1.82) is 0 Å². The molecule has 1 amide bonds. The van der Waals surface area contributed by atoms with Gasteiger partial charge in [0.15, 0.2) is 0 Å². The van der Waals surface area contributed by atoms with Crippen LogP contribution in [0, 0.1) is 5.92 Å². The van der Waals surface area contributed by atoms with E-state index in [1.54, 1.807) is 14.0 Å². The molecule has 1 saturated heterocycles. The van der Waals surface area contributed by atoms with Gasteiger partial charge in [-0.3, -0.25) is 4.79 Å². The summed E-state index contributed by atoms with van der Waals surface area (Å²) < 4.78 is 5.36. The van der Waals surface area contributed by atoms with Gasteiger partial charge in [0, 0.05) is 51.2 Å². The van der Waals surface area contributed by atoms with E-state index in [9.17, 15) is 4.79 Å². The Hall–Kier alpha value is -1.73. The van der Waals surface area contributed by atoms with Crippen LogP contribution in [0.2, 0.25) is 0 Å². The lowest BCUT2D eigenvalue weighted by atomic mass is 9.84. The summed E-state index contributed by atoms with van der Waals surface area (Å²) >= 11 is 0. The quantitative estimate of drug-likeness (QED) is 0.692. The van der Waals surface area contributed by atoms with E-state index < -0.39 is 0 Å². The predicted molar refractivity (Wildman–Crippen MR) is 129 cm³/mol. The average Bonchev–Trinajstić information content (AvgIpc) is 2.98. The number of aromatic nitrogens is 2. The third-order valence-electron chi connectivity index (χ3n) is 6.75. The van der Waals surface area contributed by atoms with E-state index in [-0.39, 0.29) is 11.3 Å². The van der Waals surface area contributed by atoms with Gasteiger partial charge in [-0.1, -0.05) is 20.8 Å². The Morgan fingerprint density at radius 3 is 2.53 bits per heavy atom. The van der Waals surface area contributed by atoms with E-state index in [1.807, 2.05) is 0 Å². The van der Waals surface area contributed by atoms with E-state index in [0.717, 1.165) is 68.7 Å². The SMILES string of the molecule is COCc1cc(N2CCCN(CCC3CCC(NC(C)=O)CC3)CC2)nc(C(C)(C)C)n1. The molecule has 2 fully saturated rings. The zero-order valence-electron chi connectivity index (χ0n) is 20.8. The van der Waals surface area contributed by atoms with Crippen LogP contribution in [0.25, 0.3) is 0 Å². The highest BCUT2D eigenvalue weighted by atomic mass is 16.5. The number of nitrogens with one attached hydrogen (secondary N) is 1. The van der Waals surface area contributed by atoms with Gasteiger partial charge in [0.2, 0.25) is 5.91 Å². The highest BCUT2D eigenvalue weighted by Gasteiger charge is 2.24. The Morgan fingerprint density at radius 2 is 1.88 bits per heavy atom. The van der Waals surface area contributed by atoms with Crippen LogP contribution in [0.5, 0.6) is 0 Å². The van der Waals surface area contributed by atoms with Gasteiger partial charge < -0.3 is 19.9 Å². The first-order chi connectivity index (χ1) is 15.2. The molecule has 2 heterocycles. The highest BCUT2D eigenvalue weighted by molar-refractivity contribution is 5.73. The van der Waals surface area contributed by atoms with Crippen molar-refractivity contribution in [2.24, 2.45) is 5.92 Å². The third kappa shape index (κ3) is 7.41. The van der Waals surface area contributed by atoms with Crippen LogP contribution in [-0.2, 0) is 21.6 Å². The minimum absolute atomic E-state index is 0.0880. The van der Waals surface area contributed by atoms with Gasteiger partial charge in [0.05, 0.1) is 12.3 Å². The van der Waals surface area contributed by atoms with Crippen LogP contribution >= 0.6 is 0 Å². The topological polar surface area (TPSA) is 70.6 Å². The van der Waals surface area contributed by atoms with Crippen molar-refractivity contribution < 1.29 is 9.53 Å². The molecule has 1 aromatic rings. The Bertz CT molecular complexity index is 740. The summed E-state index contributed by atoms with van der Waals surface area (Å²) in [5.74, 6) is 2.83. The molecule has 1 aliphatic heterocycles. The van der Waals surface area contributed by atoms with Crippen molar-refractivity contribution in [3.63, 3.8) is 0 Å². The van der Waals surface area contributed by atoms with Crippen LogP contribution in [0.4, 0.5) is 5.82 Å². The molecule has 1 N–H and O–H groups in total. The molecular weight excluding hydrogens is 402 g/mol. The second kappa shape index (κ2) is 11.4. The molecule has 7 nitrogen and oxygen atoms in total. The van der Waals surface area contributed by atoms with E-state index in [4.69, 9.17) is 14.7 Å². The number of carbonyl (C=O) groups is 1. The first kappa shape index (κ1) is 24.9. The number of ether oxygens (including phenoxy) is 1. The molecule has 3 rings (SSSR count). The number of hydrogen-bond donors (Lipinski definition) is 1. The molecule has 0 spiro atoms. The molecule has 1 aliphatic carbocycles. The highest BCUT2D eigenvalue weighted by Crippen LogP contribution is 2.28. The number of anilines is 1. The molecule has 0 aromatic carbocycles. The summed E-state index contributed by atoms with van der Waals surface area (Å²) in [5.41, 5.74) is 0.869. The van der Waals surface area contributed by atoms with Crippen LogP contribution in [0.3, 0.4) is 0 Å². The Kier molecular flexibility index (Phi) is 8.88. The maximum Gasteiger partial charge on any atom is 0.217 e. The summed E-state index contributed by atoms with van der Waals surface area (Å²) in [6.07, 6.45) is 7.17. The fourth-order valence-corrected chi connectivity index (χ4v) is 4.87. The molecule has 0 bridgehead atoms. The van der Waals surface area contributed by atoms with Crippen molar-refractivity contribution in [3.05, 3.63) is 17.6 Å². The number of methoxy groups -OCH3 is 1. The van der Waals surface area contributed by atoms with E-state index in [2.05, 4.69) is 42.0 Å². The van der Waals surface area contributed by atoms with Crippen molar-refractivity contribution >= 4 is 11.7 Å². The van der Waals surface area contributed by atoms with Crippen LogP contribution in [-0.4, -0.2) is 66.7 Å². The standard InChI is InChI=1S/C25H43N5O2/c1-19(31)26-21-9-7-20(8-10-21)11-14-29-12-6-13-30(16-15-29)23-17-22(18-32-5)27-24(28-23)25(2,3)4/h17,20-21H,6-16,18H2,1-5H3,(H,26,31). The first-order valence-corrected chi connectivity index (χ1v) is 12.4. The van der Waals surface area contributed by atoms with Gasteiger partial charge in [-0.05, 0) is 57.5 Å². The van der Waals surface area contributed by atoms with Gasteiger partial charge in [-0.15, -0.1) is 0 Å². The minimum Gasteiger partial charge on any atom is -0.378 e.